The molecule has 9 heteroatoms. The summed E-state index contributed by atoms with van der Waals surface area (Å²) in [5, 5.41) is 0. The van der Waals surface area contributed by atoms with E-state index < -0.39 is 58.8 Å². The number of ketones is 1. The van der Waals surface area contributed by atoms with Gasteiger partial charge in [0.25, 0.3) is 0 Å². The molecule has 2 aliphatic rings. The maximum absolute atomic E-state index is 13.0. The number of hydrogen-bond donors (Lipinski definition) is 1. The molecule has 35 heavy (non-hydrogen) atoms. The highest BCUT2D eigenvalue weighted by molar-refractivity contribution is 5.80. The summed E-state index contributed by atoms with van der Waals surface area (Å²) < 4.78 is 16.8. The highest BCUT2D eigenvalue weighted by atomic mass is 16.6. The average molecular weight is 492 g/mol. The van der Waals surface area contributed by atoms with Crippen molar-refractivity contribution in [3.05, 3.63) is 24.2 Å². The van der Waals surface area contributed by atoms with Gasteiger partial charge in [-0.25, -0.2) is 5.90 Å². The van der Waals surface area contributed by atoms with Gasteiger partial charge in [-0.15, -0.1) is 0 Å². The third-order valence-electron chi connectivity index (χ3n) is 8.59. The van der Waals surface area contributed by atoms with Crippen molar-refractivity contribution >= 4 is 24.0 Å². The average Bonchev–Trinajstić information content (AvgIpc) is 3.33. The van der Waals surface area contributed by atoms with Crippen LogP contribution in [0.5, 0.6) is 0 Å². The van der Waals surface area contributed by atoms with E-state index in [-0.39, 0.29) is 12.2 Å². The molecule has 2 unspecified atom stereocenters. The molecule has 2 saturated carbocycles. The first kappa shape index (κ1) is 27.1. The molecule has 0 bridgehead atoms. The molecule has 2 fully saturated rings. The van der Waals surface area contributed by atoms with Crippen molar-refractivity contribution in [1.82, 2.24) is 0 Å². The molecular formula is C26H37NO8. The fourth-order valence-corrected chi connectivity index (χ4v) is 7.19. The quantitative estimate of drug-likeness (QED) is 0.311. The van der Waals surface area contributed by atoms with Gasteiger partial charge < -0.3 is 18.7 Å². The van der Waals surface area contributed by atoms with E-state index in [9.17, 15) is 19.2 Å². The number of fused-ring (bicyclic) bond motifs is 1. The van der Waals surface area contributed by atoms with Gasteiger partial charge >= 0.3 is 11.9 Å². The molecule has 2 aliphatic carbocycles. The van der Waals surface area contributed by atoms with E-state index in [0.717, 1.165) is 6.29 Å². The Hall–Kier alpha value is -2.52. The topological polar surface area (TPSA) is 135 Å². The van der Waals surface area contributed by atoms with E-state index in [4.69, 9.17) is 24.6 Å². The van der Waals surface area contributed by atoms with Crippen LogP contribution in [0.1, 0.15) is 78.4 Å². The van der Waals surface area contributed by atoms with E-state index in [1.165, 1.54) is 26.4 Å². The van der Waals surface area contributed by atoms with Gasteiger partial charge in [0, 0.05) is 37.2 Å². The number of hydrogen-bond acceptors (Lipinski definition) is 9. The Bertz CT molecular complexity index is 930. The van der Waals surface area contributed by atoms with Gasteiger partial charge in [0.1, 0.15) is 30.4 Å². The van der Waals surface area contributed by atoms with E-state index in [1.54, 1.807) is 13.0 Å². The van der Waals surface area contributed by atoms with Crippen molar-refractivity contribution in [2.75, 3.05) is 0 Å². The second-order valence-corrected chi connectivity index (χ2v) is 10.4. The summed E-state index contributed by atoms with van der Waals surface area (Å²) in [5.41, 5.74) is -0.651. The molecule has 8 atom stereocenters. The van der Waals surface area contributed by atoms with Crippen LogP contribution in [0.15, 0.2) is 23.0 Å². The van der Waals surface area contributed by atoms with E-state index in [0.29, 0.717) is 31.2 Å². The van der Waals surface area contributed by atoms with Crippen molar-refractivity contribution in [2.24, 2.45) is 34.5 Å². The number of Topliss-reactive ketones (excluding diaryl/α,β-unsaturated/α-hetero) is 1. The maximum atomic E-state index is 13.0. The Morgan fingerprint density at radius 2 is 1.91 bits per heavy atom. The lowest BCUT2D eigenvalue weighted by molar-refractivity contribution is -0.232. The van der Waals surface area contributed by atoms with Crippen LogP contribution >= 0.6 is 0 Å². The largest absolute Gasteiger partial charge is 0.472 e. The van der Waals surface area contributed by atoms with Crippen LogP contribution in [0.2, 0.25) is 0 Å². The predicted octanol–water partition coefficient (Wildman–Crippen LogP) is 3.70. The van der Waals surface area contributed by atoms with Crippen LogP contribution in [-0.2, 0) is 33.5 Å². The van der Waals surface area contributed by atoms with Gasteiger partial charge in [-0.2, -0.15) is 0 Å². The summed E-state index contributed by atoms with van der Waals surface area (Å²) in [4.78, 5) is 55.2. The molecule has 9 nitrogen and oxygen atoms in total. The van der Waals surface area contributed by atoms with Gasteiger partial charge in [0.2, 0.25) is 0 Å². The van der Waals surface area contributed by atoms with E-state index >= 15 is 0 Å². The highest BCUT2D eigenvalue weighted by Gasteiger charge is 2.66. The third kappa shape index (κ3) is 4.93. The van der Waals surface area contributed by atoms with Crippen LogP contribution in [0, 0.1) is 28.6 Å². The summed E-state index contributed by atoms with van der Waals surface area (Å²) in [6.45, 7) is 8.15. The van der Waals surface area contributed by atoms with Crippen LogP contribution in [0.25, 0.3) is 0 Å². The van der Waals surface area contributed by atoms with Gasteiger partial charge in [-0.05, 0) is 55.9 Å². The van der Waals surface area contributed by atoms with Crippen LogP contribution in [0.3, 0.4) is 0 Å². The zero-order valence-electron chi connectivity index (χ0n) is 21.2. The number of esters is 2. The number of ether oxygens (including phenoxy) is 2. The van der Waals surface area contributed by atoms with Crippen molar-refractivity contribution in [1.29, 1.82) is 0 Å². The zero-order valence-corrected chi connectivity index (χ0v) is 21.2. The Labute approximate surface area is 206 Å². The number of carbonyl (C=O) groups is 4. The number of nitrogens with two attached hydrogens (primary N) is 1. The first-order valence-electron chi connectivity index (χ1n) is 12.2. The minimum atomic E-state index is -0.831. The molecule has 1 heterocycles. The molecule has 2 N–H and O–H groups in total. The summed E-state index contributed by atoms with van der Waals surface area (Å²) >= 11 is 0. The van der Waals surface area contributed by atoms with Crippen molar-refractivity contribution in [3.63, 3.8) is 0 Å². The fraction of sp³-hybridized carbons (Fsp3) is 0.692. The lowest BCUT2D eigenvalue weighted by atomic mass is 9.41. The Morgan fingerprint density at radius 3 is 2.40 bits per heavy atom. The van der Waals surface area contributed by atoms with Crippen LogP contribution in [-0.4, -0.2) is 36.2 Å². The lowest BCUT2D eigenvalue weighted by Crippen LogP contribution is -2.66. The monoisotopic (exact) mass is 491 g/mol. The molecule has 0 amide bonds. The first-order chi connectivity index (χ1) is 16.5. The molecule has 194 valence electrons. The van der Waals surface area contributed by atoms with E-state index in [1.807, 2.05) is 13.8 Å². The predicted molar refractivity (Wildman–Crippen MR) is 124 cm³/mol. The van der Waals surface area contributed by atoms with Crippen LogP contribution < -0.4 is 5.90 Å². The summed E-state index contributed by atoms with van der Waals surface area (Å²) in [7, 11) is 0. The lowest BCUT2D eigenvalue weighted by Gasteiger charge is -2.63. The second kappa shape index (κ2) is 10.6. The Balaban J connectivity index is 2.22. The van der Waals surface area contributed by atoms with E-state index in [2.05, 4.69) is 0 Å². The smallest absolute Gasteiger partial charge is 0.303 e. The normalized spacial score (nSPS) is 35.4. The molecule has 0 saturated heterocycles. The standard InChI is InChI=1S/C26H37NO8/c1-6-26-9-7-19(13-28)25(5,12-22(35-27)18-8-10-32-14-18)24(26)23(34-17(4)31)21(33-16(3)30)11-20(26)15(2)29/h8,10,13-14,19-24H,6-7,9,11-12,27H2,1-5H3/t19-,20-,21-,22?,23-,24?,25-,26-/m0/s1. The molecule has 1 aromatic rings. The number of carbonyl (C=O) groups excluding carboxylic acids is 4. The summed E-state index contributed by atoms with van der Waals surface area (Å²) in [6, 6.07) is 1.75. The third-order valence-corrected chi connectivity index (χ3v) is 8.59. The van der Waals surface area contributed by atoms with Crippen LogP contribution in [0.4, 0.5) is 0 Å². The second-order valence-electron chi connectivity index (χ2n) is 10.4. The molecule has 0 spiro atoms. The summed E-state index contributed by atoms with van der Waals surface area (Å²) in [6.07, 6.45) is 4.14. The molecule has 0 radical (unpaired) electrons. The minimum absolute atomic E-state index is 0.0105. The molecule has 1 aromatic heterocycles. The number of aldehydes is 1. The Morgan fingerprint density at radius 1 is 1.23 bits per heavy atom. The molecular weight excluding hydrogens is 454 g/mol. The van der Waals surface area contributed by atoms with Gasteiger partial charge in [-0.1, -0.05) is 13.8 Å². The Kier molecular flexibility index (Phi) is 8.21. The first-order valence-corrected chi connectivity index (χ1v) is 12.2. The van der Waals surface area contributed by atoms with Crippen molar-refractivity contribution in [2.45, 2.75) is 85.0 Å². The fourth-order valence-electron chi connectivity index (χ4n) is 7.19. The molecule has 0 aromatic carbocycles. The maximum Gasteiger partial charge on any atom is 0.303 e. The minimum Gasteiger partial charge on any atom is -0.472 e. The van der Waals surface area contributed by atoms with Gasteiger partial charge in [0.05, 0.1) is 12.5 Å². The number of furan rings is 1. The SMILES string of the molecule is CC[C@@]12CC[C@@H](C=O)[C@](C)(CC(ON)c3ccoc3)C1[C@@H](OC(C)=O)[C@@H](OC(C)=O)C[C@H]2C(C)=O. The van der Waals surface area contributed by atoms with Gasteiger partial charge in [0.15, 0.2) is 0 Å². The molecule has 3 rings (SSSR count). The number of rotatable bonds is 9. The van der Waals surface area contributed by atoms with Crippen molar-refractivity contribution in [3.8, 4) is 0 Å². The van der Waals surface area contributed by atoms with Crippen molar-refractivity contribution < 1.29 is 37.9 Å². The van der Waals surface area contributed by atoms with Gasteiger partial charge in [-0.3, -0.25) is 19.2 Å². The molecule has 0 aliphatic heterocycles. The summed E-state index contributed by atoms with van der Waals surface area (Å²) in [5.74, 6) is 3.34. The zero-order chi connectivity index (χ0) is 26.0. The highest BCUT2D eigenvalue weighted by Crippen LogP contribution is 2.66.